The van der Waals surface area contributed by atoms with Crippen LogP contribution in [0.5, 0.6) is 0 Å². The van der Waals surface area contributed by atoms with Crippen molar-refractivity contribution >= 4 is 23.0 Å². The third-order valence-electron chi connectivity index (χ3n) is 3.60. The van der Waals surface area contributed by atoms with Crippen LogP contribution in [0.4, 0.5) is 15.8 Å². The lowest BCUT2D eigenvalue weighted by Crippen LogP contribution is -2.30. The molecule has 1 aromatic carbocycles. The summed E-state index contributed by atoms with van der Waals surface area (Å²) in [5.74, 6) is -0.784. The molecule has 0 saturated carbocycles. The van der Waals surface area contributed by atoms with Crippen LogP contribution < -0.4 is 4.90 Å². The second kappa shape index (κ2) is 6.37. The van der Waals surface area contributed by atoms with Crippen LogP contribution in [0.3, 0.4) is 0 Å². The number of hydrogen-bond donors (Lipinski definition) is 1. The maximum Gasteiger partial charge on any atom is 0.295 e. The zero-order chi connectivity index (χ0) is 14.7. The second-order valence-electron chi connectivity index (χ2n) is 4.87. The molecule has 20 heavy (non-hydrogen) atoms. The van der Waals surface area contributed by atoms with Gasteiger partial charge in [0.2, 0.25) is 0 Å². The molecule has 2 rings (SSSR count). The third-order valence-corrected chi connectivity index (χ3v) is 3.89. The fourth-order valence-electron chi connectivity index (χ4n) is 2.68. The molecular formula is C13H16ClFN2O3. The Morgan fingerprint density at radius 1 is 1.55 bits per heavy atom. The van der Waals surface area contributed by atoms with Crippen molar-refractivity contribution in [1.82, 2.24) is 0 Å². The SMILES string of the molecule is O=[N+]([O-])c1cc(F)c(Cl)cc1N1CCCC1CCCO. The number of hydrogen-bond acceptors (Lipinski definition) is 4. The van der Waals surface area contributed by atoms with Crippen LogP contribution in [0.1, 0.15) is 25.7 Å². The van der Waals surface area contributed by atoms with Crippen molar-refractivity contribution in [2.75, 3.05) is 18.1 Å². The summed E-state index contributed by atoms with van der Waals surface area (Å²) >= 11 is 5.76. The second-order valence-corrected chi connectivity index (χ2v) is 5.27. The van der Waals surface area contributed by atoms with Gasteiger partial charge in [0.15, 0.2) is 0 Å². The predicted molar refractivity (Wildman–Crippen MR) is 74.8 cm³/mol. The van der Waals surface area contributed by atoms with E-state index in [1.807, 2.05) is 4.90 Å². The molecule has 1 atom stereocenters. The van der Waals surface area contributed by atoms with Crippen LogP contribution in [0, 0.1) is 15.9 Å². The zero-order valence-corrected chi connectivity index (χ0v) is 11.6. The molecule has 5 nitrogen and oxygen atoms in total. The van der Waals surface area contributed by atoms with Gasteiger partial charge in [0.05, 0.1) is 16.0 Å². The quantitative estimate of drug-likeness (QED) is 0.670. The summed E-state index contributed by atoms with van der Waals surface area (Å²) in [7, 11) is 0. The maximum absolute atomic E-state index is 13.4. The minimum atomic E-state index is -0.784. The summed E-state index contributed by atoms with van der Waals surface area (Å²) in [5.41, 5.74) is 0.102. The Bertz CT molecular complexity index is 513. The van der Waals surface area contributed by atoms with Gasteiger partial charge in [-0.25, -0.2) is 4.39 Å². The average molecular weight is 303 g/mol. The molecule has 0 radical (unpaired) electrons. The first-order chi connectivity index (χ1) is 9.54. The van der Waals surface area contributed by atoms with E-state index in [0.717, 1.165) is 25.3 Å². The topological polar surface area (TPSA) is 66.6 Å². The molecule has 1 aliphatic heterocycles. The van der Waals surface area contributed by atoms with Crippen LogP contribution in [0.25, 0.3) is 0 Å². The van der Waals surface area contributed by atoms with Crippen molar-refractivity contribution < 1.29 is 14.4 Å². The van der Waals surface area contributed by atoms with E-state index in [0.29, 0.717) is 18.7 Å². The fourth-order valence-corrected chi connectivity index (χ4v) is 2.84. The standard InChI is InChI=1S/C13H16ClFN2O3/c14-10-7-12(13(17(19)20)8-11(10)15)16-5-1-3-9(16)4-2-6-18/h7-9,18H,1-6H2. The van der Waals surface area contributed by atoms with Gasteiger partial charge in [0, 0.05) is 19.2 Å². The molecule has 1 aliphatic rings. The van der Waals surface area contributed by atoms with Crippen LogP contribution in [0.15, 0.2) is 12.1 Å². The average Bonchev–Trinajstić information content (AvgIpc) is 2.87. The number of nitrogens with zero attached hydrogens (tertiary/aromatic N) is 2. The van der Waals surface area contributed by atoms with E-state index in [1.165, 1.54) is 6.07 Å². The number of aliphatic hydroxyl groups excluding tert-OH is 1. The van der Waals surface area contributed by atoms with Crippen molar-refractivity contribution in [3.8, 4) is 0 Å². The maximum atomic E-state index is 13.4. The number of rotatable bonds is 5. The van der Waals surface area contributed by atoms with Gasteiger partial charge in [-0.15, -0.1) is 0 Å². The molecule has 0 aliphatic carbocycles. The smallest absolute Gasteiger partial charge is 0.295 e. The van der Waals surface area contributed by atoms with Gasteiger partial charge in [-0.3, -0.25) is 10.1 Å². The van der Waals surface area contributed by atoms with Crippen LogP contribution in [0.2, 0.25) is 5.02 Å². The van der Waals surface area contributed by atoms with Crippen LogP contribution >= 0.6 is 11.6 Å². The fraction of sp³-hybridized carbons (Fsp3) is 0.538. The largest absolute Gasteiger partial charge is 0.396 e. The van der Waals surface area contributed by atoms with E-state index >= 15 is 0 Å². The van der Waals surface area contributed by atoms with E-state index in [9.17, 15) is 14.5 Å². The number of anilines is 1. The summed E-state index contributed by atoms with van der Waals surface area (Å²) in [6.07, 6.45) is 3.22. The van der Waals surface area contributed by atoms with Gasteiger partial charge in [-0.1, -0.05) is 11.6 Å². The summed E-state index contributed by atoms with van der Waals surface area (Å²) in [6, 6.07) is 2.33. The lowest BCUT2D eigenvalue weighted by atomic mass is 10.1. The van der Waals surface area contributed by atoms with Crippen molar-refractivity contribution in [2.45, 2.75) is 31.7 Å². The van der Waals surface area contributed by atoms with Crippen molar-refractivity contribution in [3.63, 3.8) is 0 Å². The van der Waals surface area contributed by atoms with Gasteiger partial charge < -0.3 is 10.0 Å². The Hall–Kier alpha value is -1.40. The minimum Gasteiger partial charge on any atom is -0.396 e. The van der Waals surface area contributed by atoms with E-state index < -0.39 is 10.7 Å². The normalized spacial score (nSPS) is 18.6. The Morgan fingerprint density at radius 3 is 2.95 bits per heavy atom. The highest BCUT2D eigenvalue weighted by Crippen LogP contribution is 2.37. The lowest BCUT2D eigenvalue weighted by Gasteiger charge is -2.26. The predicted octanol–water partition coefficient (Wildman–Crippen LogP) is 3.13. The number of nitro benzene ring substituents is 1. The molecule has 0 bridgehead atoms. The van der Waals surface area contributed by atoms with Gasteiger partial charge >= 0.3 is 0 Å². The first kappa shape index (κ1) is 15.0. The monoisotopic (exact) mass is 302 g/mol. The lowest BCUT2D eigenvalue weighted by molar-refractivity contribution is -0.384. The first-order valence-electron chi connectivity index (χ1n) is 6.55. The molecule has 0 spiro atoms. The molecule has 0 aromatic heterocycles. The van der Waals surface area contributed by atoms with Gasteiger partial charge in [0.25, 0.3) is 5.69 Å². The summed E-state index contributed by atoms with van der Waals surface area (Å²) < 4.78 is 13.4. The highest BCUT2D eigenvalue weighted by Gasteiger charge is 2.30. The van der Waals surface area contributed by atoms with Gasteiger partial charge in [0.1, 0.15) is 11.5 Å². The van der Waals surface area contributed by atoms with Gasteiger partial charge in [-0.05, 0) is 31.7 Å². The van der Waals surface area contributed by atoms with Crippen molar-refractivity contribution in [1.29, 1.82) is 0 Å². The molecule has 1 saturated heterocycles. The summed E-state index contributed by atoms with van der Waals surface area (Å²) in [5, 5.41) is 19.9. The molecule has 1 heterocycles. The highest BCUT2D eigenvalue weighted by molar-refractivity contribution is 6.31. The Kier molecular flexibility index (Phi) is 4.77. The zero-order valence-electron chi connectivity index (χ0n) is 10.9. The highest BCUT2D eigenvalue weighted by atomic mass is 35.5. The molecule has 7 heteroatoms. The Morgan fingerprint density at radius 2 is 2.30 bits per heavy atom. The summed E-state index contributed by atoms with van der Waals surface area (Å²) in [4.78, 5) is 12.4. The van der Waals surface area contributed by atoms with E-state index in [1.54, 1.807) is 0 Å². The third kappa shape index (κ3) is 3.02. The summed E-state index contributed by atoms with van der Waals surface area (Å²) in [6.45, 7) is 0.773. The molecule has 110 valence electrons. The molecule has 1 N–H and O–H groups in total. The van der Waals surface area contributed by atoms with E-state index in [-0.39, 0.29) is 23.4 Å². The molecule has 1 aromatic rings. The van der Waals surface area contributed by atoms with Crippen LogP contribution in [-0.4, -0.2) is 29.2 Å². The number of nitro groups is 1. The Balaban J connectivity index is 2.35. The van der Waals surface area contributed by atoms with E-state index in [2.05, 4.69) is 0 Å². The number of halogens is 2. The van der Waals surface area contributed by atoms with Crippen molar-refractivity contribution in [3.05, 3.63) is 33.1 Å². The molecule has 1 fully saturated rings. The van der Waals surface area contributed by atoms with Crippen molar-refractivity contribution in [2.24, 2.45) is 0 Å². The molecule has 0 amide bonds. The first-order valence-corrected chi connectivity index (χ1v) is 6.93. The van der Waals surface area contributed by atoms with Gasteiger partial charge in [-0.2, -0.15) is 0 Å². The molecular weight excluding hydrogens is 287 g/mol. The number of aliphatic hydroxyl groups is 1. The number of benzene rings is 1. The minimum absolute atomic E-state index is 0.0939. The van der Waals surface area contributed by atoms with E-state index in [4.69, 9.17) is 16.7 Å². The Labute approximate surface area is 121 Å². The van der Waals surface area contributed by atoms with Crippen LogP contribution in [-0.2, 0) is 0 Å². The molecule has 1 unspecified atom stereocenters.